The number of hydrogen-bond donors (Lipinski definition) is 2. The summed E-state index contributed by atoms with van der Waals surface area (Å²) in [5, 5.41) is 8.21. The first-order valence-electron chi connectivity index (χ1n) is 12.2. The average molecular weight is 589 g/mol. The van der Waals surface area contributed by atoms with E-state index in [1.165, 1.54) is 11.4 Å². The second kappa shape index (κ2) is 11.5. The first-order chi connectivity index (χ1) is 18.8. The van der Waals surface area contributed by atoms with Crippen LogP contribution >= 0.6 is 22.7 Å². The molecule has 0 aromatic carbocycles. The van der Waals surface area contributed by atoms with Gasteiger partial charge in [0.05, 0.1) is 23.0 Å². The number of piperazine rings is 1. The van der Waals surface area contributed by atoms with Crippen LogP contribution in [-0.4, -0.2) is 89.5 Å². The van der Waals surface area contributed by atoms with Crippen molar-refractivity contribution in [1.29, 1.82) is 0 Å². The maximum Gasteiger partial charge on any atom is 0.413 e. The summed E-state index contributed by atoms with van der Waals surface area (Å²) in [6.45, 7) is 6.36. The number of nitrogens with one attached hydrogen (secondary N) is 2. The molecule has 5 heterocycles. The summed E-state index contributed by atoms with van der Waals surface area (Å²) in [6, 6.07) is 4.00. The highest BCUT2D eigenvalue weighted by Gasteiger charge is 2.32. The van der Waals surface area contributed by atoms with Gasteiger partial charge in [-0.1, -0.05) is 17.4 Å². The minimum absolute atomic E-state index is 0.0749. The second-order valence-corrected chi connectivity index (χ2v) is 13.1. The number of fused-ring (bicyclic) bond motifs is 1. The zero-order valence-corrected chi connectivity index (χ0v) is 24.1. The molecule has 0 saturated carbocycles. The minimum Gasteiger partial charge on any atom is -0.453 e. The van der Waals surface area contributed by atoms with E-state index in [0.29, 0.717) is 31.9 Å². The topological polar surface area (TPSA) is 143 Å². The lowest BCUT2D eigenvalue weighted by Crippen LogP contribution is -2.50. The van der Waals surface area contributed by atoms with Gasteiger partial charge >= 0.3 is 6.09 Å². The highest BCUT2D eigenvalue weighted by Crippen LogP contribution is 2.35. The monoisotopic (exact) mass is 588 g/mol. The van der Waals surface area contributed by atoms with Gasteiger partial charge < -0.3 is 10.1 Å². The molecule has 12 nitrogen and oxygen atoms in total. The molecule has 1 saturated heterocycles. The number of sulfonamides is 1. The molecule has 1 amide bonds. The molecule has 1 fully saturated rings. The van der Waals surface area contributed by atoms with Crippen LogP contribution < -0.4 is 10.6 Å². The molecule has 0 bridgehead atoms. The van der Waals surface area contributed by atoms with E-state index in [-0.39, 0.29) is 15.4 Å². The number of carbonyl (C=O) groups excluding carboxylic acids is 1. The number of nitrogens with zero attached hydrogens (tertiary/aromatic N) is 6. The maximum absolute atomic E-state index is 13.3. The number of thiazole rings is 1. The van der Waals surface area contributed by atoms with Gasteiger partial charge in [-0.25, -0.2) is 28.2 Å². The summed E-state index contributed by atoms with van der Waals surface area (Å²) < 4.78 is 33.7. The molecular formula is C24H28N8O4S3. The highest BCUT2D eigenvalue weighted by molar-refractivity contribution is 7.91. The fourth-order valence-electron chi connectivity index (χ4n) is 4.43. The number of rotatable bonds is 8. The molecule has 0 spiro atoms. The van der Waals surface area contributed by atoms with E-state index < -0.39 is 16.1 Å². The Morgan fingerprint density at radius 3 is 2.74 bits per heavy atom. The molecule has 0 aliphatic carbocycles. The molecule has 4 aromatic rings. The van der Waals surface area contributed by atoms with Gasteiger partial charge in [0.25, 0.3) is 10.0 Å². The Labute approximate surface area is 234 Å². The van der Waals surface area contributed by atoms with Crippen LogP contribution in [0.1, 0.15) is 12.6 Å². The Kier molecular flexibility index (Phi) is 8.04. The fourth-order valence-corrected chi connectivity index (χ4v) is 8.37. The van der Waals surface area contributed by atoms with E-state index in [4.69, 9.17) is 0 Å². The Morgan fingerprint density at radius 2 is 2.03 bits per heavy atom. The molecular weight excluding hydrogens is 561 g/mol. The Hall–Kier alpha value is -3.24. The summed E-state index contributed by atoms with van der Waals surface area (Å²) in [4.78, 5) is 31.1. The lowest BCUT2D eigenvalue weighted by molar-refractivity contribution is 0.184. The number of aryl methyl sites for hydroxylation is 1. The number of pyridine rings is 1. The summed E-state index contributed by atoms with van der Waals surface area (Å²) >= 11 is 2.52. The van der Waals surface area contributed by atoms with Crippen LogP contribution in [0.25, 0.3) is 21.3 Å². The molecule has 5 rings (SSSR count). The quantitative estimate of drug-likeness (QED) is 0.314. The first kappa shape index (κ1) is 27.3. The van der Waals surface area contributed by atoms with E-state index in [1.807, 2.05) is 18.3 Å². The molecule has 2 N–H and O–H groups in total. The smallest absolute Gasteiger partial charge is 0.413 e. The van der Waals surface area contributed by atoms with Crippen LogP contribution in [-0.2, 0) is 14.8 Å². The van der Waals surface area contributed by atoms with Gasteiger partial charge in [0, 0.05) is 67.7 Å². The number of methoxy groups -OCH3 is 1. The van der Waals surface area contributed by atoms with Crippen LogP contribution in [0, 0.1) is 6.92 Å². The summed E-state index contributed by atoms with van der Waals surface area (Å²) in [5.41, 5.74) is 3.28. The molecule has 206 valence electrons. The SMILES string of the molecule is COC(=O)Nc1nc(C)c(S(=O)(=O)N2CCN(CC(C)Nc3ncnc4c(-c5cccnc5)csc34)CC2)s1. The molecule has 0 radical (unpaired) electrons. The number of carbonyl (C=O) groups is 1. The maximum atomic E-state index is 13.3. The van der Waals surface area contributed by atoms with E-state index in [9.17, 15) is 13.2 Å². The van der Waals surface area contributed by atoms with E-state index in [0.717, 1.165) is 45.0 Å². The van der Waals surface area contributed by atoms with Crippen LogP contribution in [0.5, 0.6) is 0 Å². The van der Waals surface area contributed by atoms with Crippen molar-refractivity contribution in [3.63, 3.8) is 0 Å². The van der Waals surface area contributed by atoms with Crippen molar-refractivity contribution in [2.75, 3.05) is 50.5 Å². The Bertz CT molecular complexity index is 1570. The average Bonchev–Trinajstić information content (AvgIpc) is 3.53. The molecule has 39 heavy (non-hydrogen) atoms. The minimum atomic E-state index is -3.72. The number of ether oxygens (including phenoxy) is 1. The van der Waals surface area contributed by atoms with Crippen molar-refractivity contribution in [1.82, 2.24) is 29.1 Å². The lowest BCUT2D eigenvalue weighted by Gasteiger charge is -2.35. The fraction of sp³-hybridized carbons (Fsp3) is 0.375. The third-order valence-electron chi connectivity index (χ3n) is 6.30. The molecule has 1 unspecified atom stereocenters. The predicted molar refractivity (Wildman–Crippen MR) is 152 cm³/mol. The van der Waals surface area contributed by atoms with Crippen molar-refractivity contribution < 1.29 is 17.9 Å². The number of thiophene rings is 1. The number of aromatic nitrogens is 4. The standard InChI is InChI=1S/C24H28N8O4S3/c1-15(28-21-20-19(26-14-27-21)18(13-37-20)17-5-4-6-25-11-17)12-31-7-9-32(10-8-31)39(34,35)22-16(2)29-23(38-22)30-24(33)36-3/h4-6,11,13-15H,7-10,12H2,1-3H3,(H,26,27,28)(H,29,30,33). The van der Waals surface area contributed by atoms with Crippen molar-refractivity contribution in [3.05, 3.63) is 41.9 Å². The zero-order chi connectivity index (χ0) is 27.6. The van der Waals surface area contributed by atoms with Crippen molar-refractivity contribution in [2.24, 2.45) is 0 Å². The highest BCUT2D eigenvalue weighted by atomic mass is 32.2. The molecule has 15 heteroatoms. The summed E-state index contributed by atoms with van der Waals surface area (Å²) in [7, 11) is -2.49. The Morgan fingerprint density at radius 1 is 1.23 bits per heavy atom. The van der Waals surface area contributed by atoms with Gasteiger partial charge in [0.15, 0.2) is 9.34 Å². The van der Waals surface area contributed by atoms with E-state index in [1.54, 1.807) is 30.8 Å². The largest absolute Gasteiger partial charge is 0.453 e. The molecule has 4 aromatic heterocycles. The van der Waals surface area contributed by atoms with Crippen molar-refractivity contribution in [3.8, 4) is 11.1 Å². The van der Waals surface area contributed by atoms with Crippen LogP contribution in [0.3, 0.4) is 0 Å². The van der Waals surface area contributed by atoms with E-state index in [2.05, 4.69) is 52.5 Å². The zero-order valence-electron chi connectivity index (χ0n) is 21.6. The van der Waals surface area contributed by atoms with Crippen LogP contribution in [0.2, 0.25) is 0 Å². The van der Waals surface area contributed by atoms with E-state index >= 15 is 0 Å². The van der Waals surface area contributed by atoms with Crippen LogP contribution in [0.4, 0.5) is 15.7 Å². The Balaban J connectivity index is 1.20. The normalized spacial score (nSPS) is 15.8. The molecule has 1 aliphatic heterocycles. The van der Waals surface area contributed by atoms with Crippen LogP contribution in [0.15, 0.2) is 40.4 Å². The van der Waals surface area contributed by atoms with Gasteiger partial charge in [-0.3, -0.25) is 15.2 Å². The molecule has 1 atom stereocenters. The number of amides is 1. The predicted octanol–water partition coefficient (Wildman–Crippen LogP) is 3.50. The first-order valence-corrected chi connectivity index (χ1v) is 15.3. The summed E-state index contributed by atoms with van der Waals surface area (Å²) in [5.74, 6) is 0.783. The number of hydrogen-bond acceptors (Lipinski definition) is 12. The van der Waals surface area contributed by atoms with Gasteiger partial charge in [0.2, 0.25) is 0 Å². The summed E-state index contributed by atoms with van der Waals surface area (Å²) in [6.07, 6.45) is 4.45. The van der Waals surface area contributed by atoms with Crippen molar-refractivity contribution >= 4 is 60.0 Å². The second-order valence-electron chi connectivity index (χ2n) is 9.05. The van der Waals surface area contributed by atoms with Gasteiger partial charge in [-0.15, -0.1) is 11.3 Å². The third-order valence-corrected chi connectivity index (χ3v) is 10.8. The van der Waals surface area contributed by atoms with Gasteiger partial charge in [-0.2, -0.15) is 4.31 Å². The molecule has 1 aliphatic rings. The van der Waals surface area contributed by atoms with Gasteiger partial charge in [0.1, 0.15) is 12.1 Å². The van der Waals surface area contributed by atoms with Gasteiger partial charge in [-0.05, 0) is 19.9 Å². The van der Waals surface area contributed by atoms with Crippen molar-refractivity contribution in [2.45, 2.75) is 24.1 Å². The lowest BCUT2D eigenvalue weighted by atomic mass is 10.1. The third kappa shape index (κ3) is 5.86. The number of anilines is 2.